The first-order valence-corrected chi connectivity index (χ1v) is 5.47. The van der Waals surface area contributed by atoms with E-state index in [1.165, 1.54) is 6.07 Å². The summed E-state index contributed by atoms with van der Waals surface area (Å²) >= 11 is 0. The molecule has 16 heavy (non-hydrogen) atoms. The minimum Gasteiger partial charge on any atom is -0.330 e. The summed E-state index contributed by atoms with van der Waals surface area (Å²) < 4.78 is 27.7. The van der Waals surface area contributed by atoms with Crippen LogP contribution in [0.15, 0.2) is 24.3 Å². The molecular weight excluding hydrogens is 208 g/mol. The van der Waals surface area contributed by atoms with Gasteiger partial charge in [-0.05, 0) is 17.5 Å². The first-order chi connectivity index (χ1) is 7.29. The van der Waals surface area contributed by atoms with Crippen molar-refractivity contribution < 1.29 is 8.78 Å². The molecule has 1 aromatic carbocycles. The van der Waals surface area contributed by atoms with Crippen LogP contribution in [0.1, 0.15) is 38.3 Å². The van der Waals surface area contributed by atoms with E-state index in [2.05, 4.69) is 0 Å². The largest absolute Gasteiger partial charge is 0.330 e. The second kappa shape index (κ2) is 4.50. The van der Waals surface area contributed by atoms with E-state index in [0.717, 1.165) is 0 Å². The fourth-order valence-electron chi connectivity index (χ4n) is 1.77. The van der Waals surface area contributed by atoms with Crippen LogP contribution < -0.4 is 5.73 Å². The normalized spacial score (nSPS) is 12.9. The average molecular weight is 227 g/mol. The van der Waals surface area contributed by atoms with Crippen molar-refractivity contribution >= 4 is 0 Å². The monoisotopic (exact) mass is 227 g/mol. The highest BCUT2D eigenvalue weighted by Crippen LogP contribution is 2.38. The van der Waals surface area contributed by atoms with E-state index in [0.29, 0.717) is 5.56 Å². The Bertz CT molecular complexity index is 353. The minimum atomic E-state index is -2.83. The van der Waals surface area contributed by atoms with Gasteiger partial charge in [0.15, 0.2) is 0 Å². The van der Waals surface area contributed by atoms with Gasteiger partial charge in [0.2, 0.25) is 0 Å². The van der Waals surface area contributed by atoms with Crippen LogP contribution in [0.4, 0.5) is 8.78 Å². The summed E-state index contributed by atoms with van der Waals surface area (Å²) in [4.78, 5) is 0. The number of hydrogen-bond donors (Lipinski definition) is 1. The Morgan fingerprint density at radius 2 is 1.56 bits per heavy atom. The molecule has 2 N–H and O–H groups in total. The lowest BCUT2D eigenvalue weighted by Gasteiger charge is -2.27. The quantitative estimate of drug-likeness (QED) is 0.841. The molecule has 0 fully saturated rings. The molecule has 0 atom stereocenters. The zero-order valence-corrected chi connectivity index (χ0v) is 10.1. The molecule has 0 heterocycles. The van der Waals surface area contributed by atoms with Crippen LogP contribution in [0.25, 0.3) is 0 Å². The lowest BCUT2D eigenvalue weighted by atomic mass is 9.81. The standard InChI is InChI=1S/C13H19F2N/c1-12(2,3)10-6-4-5-7-11(10)13(14,15)8-9-16/h4-7H,8-9,16H2,1-3H3. The van der Waals surface area contributed by atoms with Gasteiger partial charge in [0, 0.05) is 12.0 Å². The Morgan fingerprint density at radius 3 is 2.00 bits per heavy atom. The third-order valence-electron chi connectivity index (χ3n) is 2.59. The maximum Gasteiger partial charge on any atom is 0.274 e. The van der Waals surface area contributed by atoms with Crippen molar-refractivity contribution in [2.75, 3.05) is 6.54 Å². The summed E-state index contributed by atoms with van der Waals surface area (Å²) in [5.41, 5.74) is 5.74. The second-order valence-corrected chi connectivity index (χ2v) is 5.04. The van der Waals surface area contributed by atoms with Crippen LogP contribution in [0.3, 0.4) is 0 Å². The van der Waals surface area contributed by atoms with Gasteiger partial charge in [0.1, 0.15) is 0 Å². The molecule has 0 saturated heterocycles. The average Bonchev–Trinajstić information content (AvgIpc) is 2.16. The van der Waals surface area contributed by atoms with Gasteiger partial charge in [-0.25, -0.2) is 8.78 Å². The van der Waals surface area contributed by atoms with E-state index in [4.69, 9.17) is 5.73 Å². The Labute approximate surface area is 95.7 Å². The molecule has 0 spiro atoms. The van der Waals surface area contributed by atoms with Gasteiger partial charge < -0.3 is 5.73 Å². The SMILES string of the molecule is CC(C)(C)c1ccccc1C(F)(F)CCN. The first-order valence-electron chi connectivity index (χ1n) is 5.47. The van der Waals surface area contributed by atoms with Crippen molar-refractivity contribution in [1.82, 2.24) is 0 Å². The predicted octanol–water partition coefficient (Wildman–Crippen LogP) is 3.42. The molecule has 1 aromatic rings. The summed E-state index contributed by atoms with van der Waals surface area (Å²) in [7, 11) is 0. The third-order valence-corrected chi connectivity index (χ3v) is 2.59. The van der Waals surface area contributed by atoms with Crippen molar-refractivity contribution in [3.05, 3.63) is 35.4 Å². The van der Waals surface area contributed by atoms with E-state index < -0.39 is 5.92 Å². The van der Waals surface area contributed by atoms with Gasteiger partial charge in [-0.3, -0.25) is 0 Å². The third kappa shape index (κ3) is 2.79. The maximum atomic E-state index is 13.9. The van der Waals surface area contributed by atoms with Crippen molar-refractivity contribution in [2.24, 2.45) is 5.73 Å². The Balaban J connectivity index is 3.23. The molecule has 0 saturated carbocycles. The molecular formula is C13H19F2N. The first kappa shape index (κ1) is 13.1. The number of rotatable bonds is 3. The van der Waals surface area contributed by atoms with Gasteiger partial charge in [-0.15, -0.1) is 0 Å². The van der Waals surface area contributed by atoms with Gasteiger partial charge in [0.05, 0.1) is 0 Å². The maximum absolute atomic E-state index is 13.9. The molecule has 3 heteroatoms. The number of nitrogens with two attached hydrogens (primary N) is 1. The molecule has 0 amide bonds. The van der Waals surface area contributed by atoms with Crippen LogP contribution in [-0.4, -0.2) is 6.54 Å². The molecule has 0 bridgehead atoms. The molecule has 90 valence electrons. The second-order valence-electron chi connectivity index (χ2n) is 5.04. The lowest BCUT2D eigenvalue weighted by molar-refractivity contribution is -0.0123. The van der Waals surface area contributed by atoms with Crippen molar-refractivity contribution in [3.8, 4) is 0 Å². The molecule has 0 aliphatic rings. The number of hydrogen-bond acceptors (Lipinski definition) is 1. The fourth-order valence-corrected chi connectivity index (χ4v) is 1.77. The highest BCUT2D eigenvalue weighted by molar-refractivity contribution is 5.35. The predicted molar refractivity (Wildman–Crippen MR) is 62.7 cm³/mol. The topological polar surface area (TPSA) is 26.0 Å². The van der Waals surface area contributed by atoms with Crippen LogP contribution in [0.2, 0.25) is 0 Å². The van der Waals surface area contributed by atoms with Crippen molar-refractivity contribution in [2.45, 2.75) is 38.5 Å². The molecule has 0 unspecified atom stereocenters. The van der Waals surface area contributed by atoms with E-state index in [1.54, 1.807) is 18.2 Å². The summed E-state index contributed by atoms with van der Waals surface area (Å²) in [6.45, 7) is 5.80. The Hall–Kier alpha value is -0.960. The molecule has 1 rings (SSSR count). The van der Waals surface area contributed by atoms with Crippen molar-refractivity contribution in [3.63, 3.8) is 0 Å². The number of halogens is 2. The highest BCUT2D eigenvalue weighted by Gasteiger charge is 2.35. The summed E-state index contributed by atoms with van der Waals surface area (Å²) in [5, 5.41) is 0. The van der Waals surface area contributed by atoms with Crippen molar-refractivity contribution in [1.29, 1.82) is 0 Å². The Morgan fingerprint density at radius 1 is 1.06 bits per heavy atom. The molecule has 0 aliphatic heterocycles. The molecule has 0 aliphatic carbocycles. The van der Waals surface area contributed by atoms with Crippen LogP contribution in [0.5, 0.6) is 0 Å². The summed E-state index contributed by atoms with van der Waals surface area (Å²) in [6, 6.07) is 6.70. The minimum absolute atomic E-state index is 0.00846. The highest BCUT2D eigenvalue weighted by atomic mass is 19.3. The van der Waals surface area contributed by atoms with Crippen LogP contribution >= 0.6 is 0 Å². The number of alkyl halides is 2. The smallest absolute Gasteiger partial charge is 0.274 e. The van der Waals surface area contributed by atoms with E-state index in [-0.39, 0.29) is 23.9 Å². The van der Waals surface area contributed by atoms with Crippen LogP contribution in [-0.2, 0) is 11.3 Å². The van der Waals surface area contributed by atoms with Gasteiger partial charge >= 0.3 is 0 Å². The van der Waals surface area contributed by atoms with Gasteiger partial charge in [-0.1, -0.05) is 45.0 Å². The lowest BCUT2D eigenvalue weighted by Crippen LogP contribution is -2.24. The molecule has 1 nitrogen and oxygen atoms in total. The fraction of sp³-hybridized carbons (Fsp3) is 0.538. The van der Waals surface area contributed by atoms with Gasteiger partial charge in [-0.2, -0.15) is 0 Å². The zero-order chi connectivity index (χ0) is 12.4. The van der Waals surface area contributed by atoms with Crippen LogP contribution in [0, 0.1) is 0 Å². The summed E-state index contributed by atoms with van der Waals surface area (Å²) in [6.07, 6.45) is -0.305. The summed E-state index contributed by atoms with van der Waals surface area (Å²) in [5.74, 6) is -2.83. The van der Waals surface area contributed by atoms with E-state index in [9.17, 15) is 8.78 Å². The van der Waals surface area contributed by atoms with E-state index >= 15 is 0 Å². The zero-order valence-electron chi connectivity index (χ0n) is 10.1. The van der Waals surface area contributed by atoms with Gasteiger partial charge in [0.25, 0.3) is 5.92 Å². The molecule has 0 aromatic heterocycles. The van der Waals surface area contributed by atoms with E-state index in [1.807, 2.05) is 20.8 Å². The Kier molecular flexibility index (Phi) is 3.68. The number of benzene rings is 1. The molecule has 0 radical (unpaired) electrons.